The summed E-state index contributed by atoms with van der Waals surface area (Å²) in [4.78, 5) is 14.3. The zero-order chi connectivity index (χ0) is 20.9. The van der Waals surface area contributed by atoms with Crippen LogP contribution in [0.2, 0.25) is 0 Å². The van der Waals surface area contributed by atoms with E-state index in [-0.39, 0.29) is 43.3 Å². The molecule has 1 amide bonds. The lowest BCUT2D eigenvalue weighted by molar-refractivity contribution is -0.124. The van der Waals surface area contributed by atoms with Gasteiger partial charge in [0.1, 0.15) is 5.82 Å². The van der Waals surface area contributed by atoms with E-state index in [1.165, 1.54) is 12.1 Å². The molecule has 0 spiro atoms. The summed E-state index contributed by atoms with van der Waals surface area (Å²) in [6.07, 6.45) is 5.39. The van der Waals surface area contributed by atoms with Crippen LogP contribution in [0.5, 0.6) is 0 Å². The Balaban J connectivity index is 1.62. The molecule has 1 fully saturated rings. The molecule has 2 aromatic carbocycles. The van der Waals surface area contributed by atoms with Crippen molar-refractivity contribution in [3.63, 3.8) is 0 Å². The van der Waals surface area contributed by atoms with Crippen LogP contribution in [0.4, 0.5) is 24.5 Å². The van der Waals surface area contributed by atoms with Crippen molar-refractivity contribution in [2.75, 3.05) is 16.8 Å². The van der Waals surface area contributed by atoms with Gasteiger partial charge in [-0.3, -0.25) is 4.79 Å². The quantitative estimate of drug-likeness (QED) is 0.674. The molecule has 0 bridgehead atoms. The minimum atomic E-state index is -2.65. The monoisotopic (exact) mass is 400 g/mol. The highest BCUT2D eigenvalue weighted by atomic mass is 19.3. The molecule has 0 saturated heterocycles. The normalized spacial score (nSPS) is 16.1. The molecule has 0 aromatic heterocycles. The third kappa shape index (κ3) is 5.77. The average molecular weight is 400 g/mol. The van der Waals surface area contributed by atoms with E-state index in [0.717, 1.165) is 11.3 Å². The maximum Gasteiger partial charge on any atom is 0.248 e. The van der Waals surface area contributed by atoms with Crippen LogP contribution in [0.1, 0.15) is 31.2 Å². The van der Waals surface area contributed by atoms with Gasteiger partial charge in [0.05, 0.1) is 6.54 Å². The number of hydrogen-bond acceptors (Lipinski definition) is 2. The number of nitrogens with one attached hydrogen (secondary N) is 1. The summed E-state index contributed by atoms with van der Waals surface area (Å²) in [5.41, 5.74) is 2.40. The van der Waals surface area contributed by atoms with E-state index >= 15 is 0 Å². The molecule has 6 heteroatoms. The Bertz CT molecular complexity index is 862. The SMILES string of the molecule is C#CCN(Cc1ccc(F)cc1)c1ccc(NC(=O)C2CCC(F)(F)CC2)cc1. The first-order valence-corrected chi connectivity index (χ1v) is 9.58. The minimum Gasteiger partial charge on any atom is -0.356 e. The molecule has 2 aromatic rings. The molecule has 0 atom stereocenters. The number of carbonyl (C=O) groups excluding carboxylic acids is 1. The van der Waals surface area contributed by atoms with Crippen molar-refractivity contribution >= 4 is 17.3 Å². The number of benzene rings is 2. The molecule has 1 saturated carbocycles. The van der Waals surface area contributed by atoms with Gasteiger partial charge in [0.25, 0.3) is 0 Å². The van der Waals surface area contributed by atoms with Crippen LogP contribution in [0, 0.1) is 24.1 Å². The molecule has 3 nitrogen and oxygen atoms in total. The molecule has 0 unspecified atom stereocenters. The summed E-state index contributed by atoms with van der Waals surface area (Å²) in [7, 11) is 0. The Morgan fingerprint density at radius 2 is 1.72 bits per heavy atom. The highest BCUT2D eigenvalue weighted by Gasteiger charge is 2.37. The second-order valence-electron chi connectivity index (χ2n) is 7.35. The van der Waals surface area contributed by atoms with Crippen molar-refractivity contribution in [1.29, 1.82) is 0 Å². The van der Waals surface area contributed by atoms with Crippen LogP contribution < -0.4 is 10.2 Å². The summed E-state index contributed by atoms with van der Waals surface area (Å²) in [5.74, 6) is -0.933. The van der Waals surface area contributed by atoms with E-state index in [4.69, 9.17) is 6.42 Å². The van der Waals surface area contributed by atoms with Gasteiger partial charge in [-0.15, -0.1) is 6.42 Å². The molecule has 0 heterocycles. The summed E-state index contributed by atoms with van der Waals surface area (Å²) in [5, 5.41) is 2.81. The number of anilines is 2. The Kier molecular flexibility index (Phi) is 6.48. The number of halogens is 3. The molecule has 1 aliphatic rings. The number of carbonyl (C=O) groups is 1. The predicted molar refractivity (Wildman–Crippen MR) is 108 cm³/mol. The van der Waals surface area contributed by atoms with Gasteiger partial charge in [-0.05, 0) is 54.8 Å². The van der Waals surface area contributed by atoms with Gasteiger partial charge >= 0.3 is 0 Å². The highest BCUT2D eigenvalue weighted by molar-refractivity contribution is 5.92. The fraction of sp³-hybridized carbons (Fsp3) is 0.348. The molecule has 0 aliphatic heterocycles. The Morgan fingerprint density at radius 3 is 2.31 bits per heavy atom. The smallest absolute Gasteiger partial charge is 0.248 e. The number of nitrogens with zero attached hydrogens (tertiary/aromatic N) is 1. The van der Waals surface area contributed by atoms with Crippen molar-refractivity contribution in [2.24, 2.45) is 5.92 Å². The molecule has 1 aliphatic carbocycles. The Morgan fingerprint density at radius 1 is 1.10 bits per heavy atom. The first kappa shape index (κ1) is 20.8. The van der Waals surface area contributed by atoms with Gasteiger partial charge < -0.3 is 10.2 Å². The van der Waals surface area contributed by atoms with Crippen LogP contribution in [-0.2, 0) is 11.3 Å². The molecule has 152 valence electrons. The Hall–Kier alpha value is -2.94. The molecule has 1 N–H and O–H groups in total. The lowest BCUT2D eigenvalue weighted by Crippen LogP contribution is -2.31. The van der Waals surface area contributed by atoms with Crippen molar-refractivity contribution in [2.45, 2.75) is 38.2 Å². The fourth-order valence-electron chi connectivity index (χ4n) is 3.46. The van der Waals surface area contributed by atoms with E-state index in [9.17, 15) is 18.0 Å². The van der Waals surface area contributed by atoms with Crippen LogP contribution in [-0.4, -0.2) is 18.4 Å². The first-order valence-electron chi connectivity index (χ1n) is 9.58. The number of terminal acetylenes is 1. The van der Waals surface area contributed by atoms with Crippen molar-refractivity contribution in [3.05, 3.63) is 59.9 Å². The lowest BCUT2D eigenvalue weighted by Gasteiger charge is -2.27. The molecular weight excluding hydrogens is 377 g/mol. The van der Waals surface area contributed by atoms with E-state index in [0.29, 0.717) is 18.8 Å². The standard InChI is InChI=1S/C23H23F3N2O/c1-2-15-28(16-17-3-5-19(24)6-4-17)21-9-7-20(8-10-21)27-22(29)18-11-13-23(25,26)14-12-18/h1,3-10,18H,11-16H2,(H,27,29). The minimum absolute atomic E-state index is 0.199. The molecular formula is C23H23F3N2O. The number of amides is 1. The largest absolute Gasteiger partial charge is 0.356 e. The number of rotatable bonds is 6. The van der Waals surface area contributed by atoms with E-state index in [2.05, 4.69) is 11.2 Å². The van der Waals surface area contributed by atoms with Gasteiger partial charge in [0.15, 0.2) is 0 Å². The number of alkyl halides is 2. The van der Waals surface area contributed by atoms with Gasteiger partial charge in [-0.1, -0.05) is 18.1 Å². The fourth-order valence-corrected chi connectivity index (χ4v) is 3.46. The summed E-state index contributed by atoms with van der Waals surface area (Å²) >= 11 is 0. The van der Waals surface area contributed by atoms with Crippen LogP contribution in [0.3, 0.4) is 0 Å². The molecule has 3 rings (SSSR count). The first-order chi connectivity index (χ1) is 13.9. The van der Waals surface area contributed by atoms with E-state index in [1.54, 1.807) is 24.3 Å². The summed E-state index contributed by atoms with van der Waals surface area (Å²) in [6.45, 7) is 0.895. The lowest BCUT2D eigenvalue weighted by atomic mass is 9.86. The second kappa shape index (κ2) is 9.04. The van der Waals surface area contributed by atoms with Crippen LogP contribution >= 0.6 is 0 Å². The van der Waals surface area contributed by atoms with Gasteiger partial charge in [0, 0.05) is 36.7 Å². The Labute approximate surface area is 168 Å². The third-order valence-electron chi connectivity index (χ3n) is 5.16. The third-order valence-corrected chi connectivity index (χ3v) is 5.16. The van der Waals surface area contributed by atoms with Gasteiger partial charge in [-0.25, -0.2) is 13.2 Å². The van der Waals surface area contributed by atoms with Crippen molar-refractivity contribution < 1.29 is 18.0 Å². The predicted octanol–water partition coefficient (Wildman–Crippen LogP) is 5.23. The van der Waals surface area contributed by atoms with Crippen molar-refractivity contribution in [1.82, 2.24) is 0 Å². The maximum absolute atomic E-state index is 13.3. The number of hydrogen-bond donors (Lipinski definition) is 1. The van der Waals surface area contributed by atoms with Crippen molar-refractivity contribution in [3.8, 4) is 12.3 Å². The topological polar surface area (TPSA) is 32.3 Å². The zero-order valence-corrected chi connectivity index (χ0v) is 16.0. The van der Waals surface area contributed by atoms with E-state index in [1.807, 2.05) is 17.0 Å². The van der Waals surface area contributed by atoms with E-state index < -0.39 is 5.92 Å². The molecule has 29 heavy (non-hydrogen) atoms. The summed E-state index contributed by atoms with van der Waals surface area (Å²) in [6, 6.07) is 13.4. The average Bonchev–Trinajstić information content (AvgIpc) is 2.70. The van der Waals surface area contributed by atoms with Gasteiger partial charge in [0.2, 0.25) is 11.8 Å². The van der Waals surface area contributed by atoms with Gasteiger partial charge in [-0.2, -0.15) is 0 Å². The van der Waals surface area contributed by atoms with Crippen LogP contribution in [0.25, 0.3) is 0 Å². The van der Waals surface area contributed by atoms with Crippen LogP contribution in [0.15, 0.2) is 48.5 Å². The maximum atomic E-state index is 13.3. The summed E-state index contributed by atoms with van der Waals surface area (Å²) < 4.78 is 39.6. The molecule has 0 radical (unpaired) electrons. The zero-order valence-electron chi connectivity index (χ0n) is 16.0. The second-order valence-corrected chi connectivity index (χ2v) is 7.35. The highest BCUT2D eigenvalue weighted by Crippen LogP contribution is 2.36.